The summed E-state index contributed by atoms with van der Waals surface area (Å²) in [6.07, 6.45) is 0.895. The second-order valence-electron chi connectivity index (χ2n) is 3.76. The lowest BCUT2D eigenvalue weighted by Gasteiger charge is -2.16. The summed E-state index contributed by atoms with van der Waals surface area (Å²) in [7, 11) is 1.79. The molecule has 0 radical (unpaired) electrons. The Kier molecular flexibility index (Phi) is 4.78. The molecule has 0 fully saturated rings. The van der Waals surface area contributed by atoms with Gasteiger partial charge < -0.3 is 10.6 Å². The van der Waals surface area contributed by atoms with E-state index in [2.05, 4.69) is 27.5 Å². The topological polar surface area (TPSA) is 41.1 Å². The molecule has 15 heavy (non-hydrogen) atoms. The molecule has 0 saturated carbocycles. The Labute approximate surface area is 94.9 Å². The molecule has 0 spiro atoms. The van der Waals surface area contributed by atoms with Crippen LogP contribution in [0.25, 0.3) is 0 Å². The smallest absolute Gasteiger partial charge is 0.237 e. The van der Waals surface area contributed by atoms with Crippen molar-refractivity contribution in [2.24, 2.45) is 0 Å². The largest absolute Gasteiger partial charge is 0.352 e. The van der Waals surface area contributed by atoms with Gasteiger partial charge in [-0.15, -0.1) is 0 Å². The van der Waals surface area contributed by atoms with E-state index in [1.165, 1.54) is 5.56 Å². The van der Waals surface area contributed by atoms with Gasteiger partial charge in [0.1, 0.15) is 0 Å². The highest BCUT2D eigenvalue weighted by Crippen LogP contribution is 2.08. The van der Waals surface area contributed by atoms with E-state index in [9.17, 15) is 4.79 Å². The van der Waals surface area contributed by atoms with Crippen LogP contribution in [0, 0.1) is 0 Å². The number of nitrogens with one attached hydrogen (secondary N) is 2. The van der Waals surface area contributed by atoms with E-state index in [-0.39, 0.29) is 18.0 Å². The van der Waals surface area contributed by atoms with Gasteiger partial charge >= 0.3 is 0 Å². The van der Waals surface area contributed by atoms with E-state index in [1.54, 1.807) is 18.4 Å². The number of carbonyl (C=O) groups is 1. The summed E-state index contributed by atoms with van der Waals surface area (Å²) in [5.74, 6) is 0.0558. The summed E-state index contributed by atoms with van der Waals surface area (Å²) in [6.45, 7) is 3.88. The van der Waals surface area contributed by atoms with Crippen molar-refractivity contribution < 1.29 is 4.79 Å². The molecule has 84 valence electrons. The molecule has 1 rings (SSSR count). The van der Waals surface area contributed by atoms with E-state index in [1.807, 2.05) is 13.8 Å². The van der Waals surface area contributed by atoms with Crippen LogP contribution in [0.5, 0.6) is 0 Å². The maximum absolute atomic E-state index is 11.5. The van der Waals surface area contributed by atoms with Gasteiger partial charge in [-0.3, -0.25) is 4.79 Å². The predicted octanol–water partition coefficient (Wildman–Crippen LogP) is 1.40. The van der Waals surface area contributed by atoms with E-state index >= 15 is 0 Å². The summed E-state index contributed by atoms with van der Waals surface area (Å²) in [6, 6.07) is 2.15. The molecule has 0 aliphatic rings. The second kappa shape index (κ2) is 5.88. The summed E-state index contributed by atoms with van der Waals surface area (Å²) >= 11 is 1.69. The zero-order valence-corrected chi connectivity index (χ0v) is 10.2. The molecule has 0 bridgehead atoms. The monoisotopic (exact) mass is 226 g/mol. The number of carbonyl (C=O) groups excluding carboxylic acids is 1. The van der Waals surface area contributed by atoms with E-state index < -0.39 is 0 Å². The highest BCUT2D eigenvalue weighted by Gasteiger charge is 2.13. The normalized spacial score (nSPS) is 14.6. The van der Waals surface area contributed by atoms with Gasteiger partial charge in [0.2, 0.25) is 5.91 Å². The number of amides is 1. The summed E-state index contributed by atoms with van der Waals surface area (Å²) in [5.41, 5.74) is 1.28. The number of thiophene rings is 1. The van der Waals surface area contributed by atoms with Crippen molar-refractivity contribution in [3.05, 3.63) is 22.4 Å². The zero-order valence-electron chi connectivity index (χ0n) is 9.41. The first-order valence-electron chi connectivity index (χ1n) is 5.12. The highest BCUT2D eigenvalue weighted by atomic mass is 32.1. The lowest BCUT2D eigenvalue weighted by Crippen LogP contribution is -2.44. The molecule has 2 unspecified atom stereocenters. The van der Waals surface area contributed by atoms with Crippen molar-refractivity contribution in [1.29, 1.82) is 0 Å². The third-order valence-corrected chi connectivity index (χ3v) is 3.07. The van der Waals surface area contributed by atoms with Gasteiger partial charge in [-0.1, -0.05) is 0 Å². The molecule has 1 aromatic rings. The molecule has 1 aromatic heterocycles. The zero-order chi connectivity index (χ0) is 11.3. The highest BCUT2D eigenvalue weighted by molar-refractivity contribution is 7.07. The summed E-state index contributed by atoms with van der Waals surface area (Å²) < 4.78 is 0. The average Bonchev–Trinajstić information content (AvgIpc) is 2.68. The minimum absolute atomic E-state index is 0.0558. The fourth-order valence-corrected chi connectivity index (χ4v) is 1.99. The Hall–Kier alpha value is -0.870. The Bertz CT molecular complexity index is 298. The van der Waals surface area contributed by atoms with Crippen molar-refractivity contribution in [3.8, 4) is 0 Å². The van der Waals surface area contributed by atoms with E-state index in [0.717, 1.165) is 6.42 Å². The van der Waals surface area contributed by atoms with Gasteiger partial charge in [0.25, 0.3) is 0 Å². The first-order chi connectivity index (χ1) is 7.13. The van der Waals surface area contributed by atoms with Crippen LogP contribution in [-0.2, 0) is 11.2 Å². The van der Waals surface area contributed by atoms with Crippen LogP contribution in [0.15, 0.2) is 16.8 Å². The predicted molar refractivity (Wildman–Crippen MR) is 64.1 cm³/mol. The number of rotatable bonds is 5. The lowest BCUT2D eigenvalue weighted by atomic mass is 10.1. The minimum Gasteiger partial charge on any atom is -0.352 e. The van der Waals surface area contributed by atoms with Crippen LogP contribution < -0.4 is 10.6 Å². The Morgan fingerprint density at radius 3 is 2.80 bits per heavy atom. The van der Waals surface area contributed by atoms with Gasteiger partial charge in [0.15, 0.2) is 0 Å². The molecule has 1 heterocycles. The molecule has 0 aliphatic carbocycles. The van der Waals surface area contributed by atoms with Crippen molar-refractivity contribution in [1.82, 2.24) is 10.6 Å². The van der Waals surface area contributed by atoms with Gasteiger partial charge in [-0.2, -0.15) is 11.3 Å². The molecule has 1 amide bonds. The van der Waals surface area contributed by atoms with E-state index in [4.69, 9.17) is 0 Å². The summed E-state index contributed by atoms with van der Waals surface area (Å²) in [4.78, 5) is 11.5. The van der Waals surface area contributed by atoms with Crippen LogP contribution in [-0.4, -0.2) is 25.0 Å². The first-order valence-corrected chi connectivity index (χ1v) is 6.06. The molecule has 2 atom stereocenters. The maximum Gasteiger partial charge on any atom is 0.237 e. The second-order valence-corrected chi connectivity index (χ2v) is 4.54. The molecule has 4 heteroatoms. The summed E-state index contributed by atoms with van der Waals surface area (Å²) in [5, 5.41) is 10.1. The molecule has 2 N–H and O–H groups in total. The van der Waals surface area contributed by atoms with Crippen LogP contribution in [0.1, 0.15) is 19.4 Å². The Balaban J connectivity index is 2.36. The third-order valence-electron chi connectivity index (χ3n) is 2.34. The molecule has 0 aromatic carbocycles. The average molecular weight is 226 g/mol. The van der Waals surface area contributed by atoms with Crippen molar-refractivity contribution in [3.63, 3.8) is 0 Å². The van der Waals surface area contributed by atoms with Crippen LogP contribution >= 0.6 is 11.3 Å². The maximum atomic E-state index is 11.5. The SMILES string of the molecule is CNC(C)C(=O)NC(C)Cc1ccsc1. The van der Waals surface area contributed by atoms with Crippen LogP contribution in [0.3, 0.4) is 0 Å². The van der Waals surface area contributed by atoms with Crippen LogP contribution in [0.4, 0.5) is 0 Å². The molecule has 3 nitrogen and oxygen atoms in total. The van der Waals surface area contributed by atoms with Gasteiger partial charge in [-0.25, -0.2) is 0 Å². The Morgan fingerprint density at radius 1 is 1.53 bits per heavy atom. The third kappa shape index (κ3) is 4.01. The fraction of sp³-hybridized carbons (Fsp3) is 0.545. The molecular formula is C11H18N2OS. The quantitative estimate of drug-likeness (QED) is 0.797. The van der Waals surface area contributed by atoms with Gasteiger partial charge in [-0.05, 0) is 49.7 Å². The number of hydrogen-bond donors (Lipinski definition) is 2. The van der Waals surface area contributed by atoms with Crippen molar-refractivity contribution in [2.75, 3.05) is 7.05 Å². The van der Waals surface area contributed by atoms with Crippen molar-refractivity contribution in [2.45, 2.75) is 32.4 Å². The molecular weight excluding hydrogens is 208 g/mol. The fourth-order valence-electron chi connectivity index (χ4n) is 1.31. The van der Waals surface area contributed by atoms with E-state index in [0.29, 0.717) is 0 Å². The first kappa shape index (κ1) is 12.2. The van der Waals surface area contributed by atoms with Crippen molar-refractivity contribution >= 4 is 17.2 Å². The number of hydrogen-bond acceptors (Lipinski definition) is 3. The standard InChI is InChI=1S/C11H18N2OS/c1-8(6-10-4-5-15-7-10)13-11(14)9(2)12-3/h4-5,7-9,12H,6H2,1-3H3,(H,13,14). The lowest BCUT2D eigenvalue weighted by molar-refractivity contribution is -0.123. The van der Waals surface area contributed by atoms with Gasteiger partial charge in [0, 0.05) is 6.04 Å². The molecule has 0 aliphatic heterocycles. The van der Waals surface area contributed by atoms with Crippen LogP contribution in [0.2, 0.25) is 0 Å². The van der Waals surface area contributed by atoms with Gasteiger partial charge in [0.05, 0.1) is 6.04 Å². The Morgan fingerprint density at radius 2 is 2.27 bits per heavy atom. The number of likely N-dealkylation sites (N-methyl/N-ethyl adjacent to an activating group) is 1. The minimum atomic E-state index is -0.130. The molecule has 0 saturated heterocycles.